The van der Waals surface area contributed by atoms with Crippen LogP contribution in [0.1, 0.15) is 24.0 Å². The van der Waals surface area contributed by atoms with Gasteiger partial charge in [0, 0.05) is 28.8 Å². The molecule has 1 amide bonds. The van der Waals surface area contributed by atoms with E-state index < -0.39 is 10.0 Å². The number of halogens is 2. The Morgan fingerprint density at radius 3 is 2.67 bits per heavy atom. The van der Waals surface area contributed by atoms with Crippen molar-refractivity contribution in [1.82, 2.24) is 9.62 Å². The molecule has 0 unspecified atom stereocenters. The number of sulfonamides is 1. The quantitative estimate of drug-likeness (QED) is 0.668. The van der Waals surface area contributed by atoms with Gasteiger partial charge in [0.05, 0.1) is 10.8 Å². The number of hydrogen-bond donors (Lipinski definition) is 2. The van der Waals surface area contributed by atoms with E-state index in [-0.39, 0.29) is 16.7 Å². The third-order valence-electron chi connectivity index (χ3n) is 5.33. The van der Waals surface area contributed by atoms with Gasteiger partial charge in [-0.1, -0.05) is 35.3 Å². The largest absolute Gasteiger partial charge is 0.326 e. The minimum Gasteiger partial charge on any atom is -0.326 e. The molecule has 0 radical (unpaired) electrons. The molecule has 0 saturated carbocycles. The van der Waals surface area contributed by atoms with Crippen LogP contribution < -0.4 is 10.0 Å². The summed E-state index contributed by atoms with van der Waals surface area (Å²) < 4.78 is 26.4. The van der Waals surface area contributed by atoms with Crippen LogP contribution in [-0.4, -0.2) is 39.4 Å². The number of benzene rings is 2. The Morgan fingerprint density at radius 2 is 1.97 bits per heavy atom. The van der Waals surface area contributed by atoms with Crippen LogP contribution in [0.25, 0.3) is 0 Å². The summed E-state index contributed by atoms with van der Waals surface area (Å²) in [4.78, 5) is 15.2. The Morgan fingerprint density at radius 1 is 1.20 bits per heavy atom. The van der Waals surface area contributed by atoms with Crippen LogP contribution in [0, 0.1) is 12.8 Å². The van der Waals surface area contributed by atoms with E-state index in [1.165, 1.54) is 19.2 Å². The highest BCUT2D eigenvalue weighted by molar-refractivity contribution is 7.89. The zero-order valence-electron chi connectivity index (χ0n) is 16.9. The van der Waals surface area contributed by atoms with Crippen molar-refractivity contribution in [2.45, 2.75) is 31.2 Å². The summed E-state index contributed by atoms with van der Waals surface area (Å²) in [5, 5.41) is 4.13. The summed E-state index contributed by atoms with van der Waals surface area (Å²) in [5.41, 5.74) is 2.29. The molecule has 1 atom stereocenters. The first-order chi connectivity index (χ1) is 14.2. The normalized spacial score (nSPS) is 17.7. The molecule has 2 aromatic carbocycles. The monoisotopic (exact) mass is 469 g/mol. The molecule has 2 N–H and O–H groups in total. The predicted octanol–water partition coefficient (Wildman–Crippen LogP) is 4.06. The van der Waals surface area contributed by atoms with Gasteiger partial charge in [0.1, 0.15) is 0 Å². The number of rotatable bonds is 6. The van der Waals surface area contributed by atoms with Crippen molar-refractivity contribution in [2.75, 3.05) is 25.5 Å². The van der Waals surface area contributed by atoms with Crippen molar-refractivity contribution in [3.05, 3.63) is 57.6 Å². The third-order valence-corrected chi connectivity index (χ3v) is 7.33. The zero-order chi connectivity index (χ0) is 21.9. The number of nitrogens with one attached hydrogen (secondary N) is 2. The minimum absolute atomic E-state index is 0.107. The standard InChI is InChI=1S/C21H25Cl2N3O3S/c1-14-5-8-18(30(28,29)24-2)11-20(14)25-21(27)16-4-3-9-26(13-16)12-15-6-7-17(22)10-19(15)23/h5-8,10-11,16,24H,3-4,9,12-13H2,1-2H3,(H,25,27)/t16-/m1/s1. The molecule has 1 aliphatic rings. The van der Waals surface area contributed by atoms with E-state index in [0.717, 1.165) is 30.5 Å². The van der Waals surface area contributed by atoms with E-state index in [0.29, 0.717) is 28.8 Å². The third kappa shape index (κ3) is 5.53. The molecule has 3 rings (SSSR count). The number of carbonyl (C=O) groups is 1. The van der Waals surface area contributed by atoms with Crippen LogP contribution in [0.3, 0.4) is 0 Å². The number of anilines is 1. The van der Waals surface area contributed by atoms with Gasteiger partial charge in [0.2, 0.25) is 15.9 Å². The number of likely N-dealkylation sites (tertiary alicyclic amines) is 1. The smallest absolute Gasteiger partial charge is 0.240 e. The van der Waals surface area contributed by atoms with Crippen molar-refractivity contribution >= 4 is 44.8 Å². The van der Waals surface area contributed by atoms with Crippen molar-refractivity contribution < 1.29 is 13.2 Å². The fraction of sp³-hybridized carbons (Fsp3) is 0.381. The first kappa shape index (κ1) is 23.0. The van der Waals surface area contributed by atoms with Gasteiger partial charge < -0.3 is 5.32 Å². The number of hydrogen-bond acceptors (Lipinski definition) is 4. The molecule has 1 saturated heterocycles. The first-order valence-corrected chi connectivity index (χ1v) is 11.9. The predicted molar refractivity (Wildman–Crippen MR) is 121 cm³/mol. The Balaban J connectivity index is 1.69. The summed E-state index contributed by atoms with van der Waals surface area (Å²) in [6, 6.07) is 10.1. The van der Waals surface area contributed by atoms with Gasteiger partial charge in [-0.15, -0.1) is 0 Å². The van der Waals surface area contributed by atoms with Gasteiger partial charge in [-0.2, -0.15) is 0 Å². The SMILES string of the molecule is CNS(=O)(=O)c1ccc(C)c(NC(=O)[C@@H]2CCCN(Cc3ccc(Cl)cc3Cl)C2)c1. The fourth-order valence-corrected chi connectivity index (χ4v) is 4.78. The Kier molecular flexibility index (Phi) is 7.42. The van der Waals surface area contributed by atoms with Gasteiger partial charge in [0.25, 0.3) is 0 Å². The highest BCUT2D eigenvalue weighted by Crippen LogP contribution is 2.26. The van der Waals surface area contributed by atoms with Gasteiger partial charge in [-0.3, -0.25) is 9.69 Å². The molecular weight excluding hydrogens is 445 g/mol. The molecule has 9 heteroatoms. The molecule has 0 spiro atoms. The molecule has 1 heterocycles. The topological polar surface area (TPSA) is 78.5 Å². The summed E-state index contributed by atoms with van der Waals surface area (Å²) >= 11 is 12.3. The number of piperidine rings is 1. The molecule has 30 heavy (non-hydrogen) atoms. The second kappa shape index (κ2) is 9.66. The summed E-state index contributed by atoms with van der Waals surface area (Å²) in [7, 11) is -2.22. The lowest BCUT2D eigenvalue weighted by Gasteiger charge is -2.32. The summed E-state index contributed by atoms with van der Waals surface area (Å²) in [6.45, 7) is 3.98. The number of amides is 1. The van der Waals surface area contributed by atoms with Crippen LogP contribution in [0.2, 0.25) is 10.0 Å². The number of carbonyl (C=O) groups excluding carboxylic acids is 1. The van der Waals surface area contributed by atoms with E-state index in [4.69, 9.17) is 23.2 Å². The summed E-state index contributed by atoms with van der Waals surface area (Å²) in [6.07, 6.45) is 1.68. The highest BCUT2D eigenvalue weighted by Gasteiger charge is 2.27. The maximum Gasteiger partial charge on any atom is 0.240 e. The Bertz CT molecular complexity index is 1040. The molecule has 1 aliphatic heterocycles. The lowest BCUT2D eigenvalue weighted by atomic mass is 9.96. The zero-order valence-corrected chi connectivity index (χ0v) is 19.2. The average molecular weight is 470 g/mol. The molecule has 2 aromatic rings. The maximum absolute atomic E-state index is 12.9. The molecule has 162 valence electrons. The Labute approximate surface area is 187 Å². The molecule has 6 nitrogen and oxygen atoms in total. The van der Waals surface area contributed by atoms with Gasteiger partial charge in [-0.25, -0.2) is 13.1 Å². The van der Waals surface area contributed by atoms with Crippen molar-refractivity contribution in [1.29, 1.82) is 0 Å². The lowest BCUT2D eigenvalue weighted by Crippen LogP contribution is -2.40. The molecule has 0 bridgehead atoms. The van der Waals surface area contributed by atoms with E-state index in [2.05, 4.69) is 14.9 Å². The molecular formula is C21H25Cl2N3O3S. The van der Waals surface area contributed by atoms with E-state index >= 15 is 0 Å². The van der Waals surface area contributed by atoms with Crippen LogP contribution >= 0.6 is 23.2 Å². The minimum atomic E-state index is -3.58. The van der Waals surface area contributed by atoms with Crippen LogP contribution in [-0.2, 0) is 21.4 Å². The van der Waals surface area contributed by atoms with Crippen LogP contribution in [0.4, 0.5) is 5.69 Å². The van der Waals surface area contributed by atoms with E-state index in [1.807, 2.05) is 19.1 Å². The van der Waals surface area contributed by atoms with Gasteiger partial charge >= 0.3 is 0 Å². The second-order valence-electron chi connectivity index (χ2n) is 7.48. The van der Waals surface area contributed by atoms with E-state index in [1.54, 1.807) is 12.1 Å². The number of aryl methyl sites for hydroxylation is 1. The first-order valence-electron chi connectivity index (χ1n) is 9.71. The number of nitrogens with zero attached hydrogens (tertiary/aromatic N) is 1. The van der Waals surface area contributed by atoms with E-state index in [9.17, 15) is 13.2 Å². The molecule has 1 fully saturated rings. The van der Waals surface area contributed by atoms with Gasteiger partial charge in [-0.05, 0) is 68.8 Å². The van der Waals surface area contributed by atoms with Crippen molar-refractivity contribution in [3.63, 3.8) is 0 Å². The molecule has 0 aromatic heterocycles. The molecule has 0 aliphatic carbocycles. The van der Waals surface area contributed by atoms with Crippen LogP contribution in [0.15, 0.2) is 41.3 Å². The highest BCUT2D eigenvalue weighted by atomic mass is 35.5. The second-order valence-corrected chi connectivity index (χ2v) is 10.2. The maximum atomic E-state index is 12.9. The average Bonchev–Trinajstić information content (AvgIpc) is 2.71. The fourth-order valence-electron chi connectivity index (χ4n) is 3.56. The lowest BCUT2D eigenvalue weighted by molar-refractivity contribution is -0.121. The van der Waals surface area contributed by atoms with Crippen LogP contribution in [0.5, 0.6) is 0 Å². The summed E-state index contributed by atoms with van der Waals surface area (Å²) in [5.74, 6) is -0.294. The van der Waals surface area contributed by atoms with Crippen molar-refractivity contribution in [3.8, 4) is 0 Å². The van der Waals surface area contributed by atoms with Gasteiger partial charge in [0.15, 0.2) is 0 Å². The Hall–Kier alpha value is -1.64. The van der Waals surface area contributed by atoms with Crippen molar-refractivity contribution in [2.24, 2.45) is 5.92 Å².